The Kier molecular flexibility index (Phi) is 4.28. The molecule has 5 heteroatoms. The van der Waals surface area contributed by atoms with Crippen molar-refractivity contribution in [3.63, 3.8) is 0 Å². The third-order valence-electron chi connectivity index (χ3n) is 4.04. The molecule has 0 N–H and O–H groups in total. The Balaban J connectivity index is 1.80. The van der Waals surface area contributed by atoms with Crippen molar-refractivity contribution in [2.24, 2.45) is 0 Å². The Bertz CT molecular complexity index is 912. The zero-order valence-electron chi connectivity index (χ0n) is 13.7. The summed E-state index contributed by atoms with van der Waals surface area (Å²) in [7, 11) is -3.81. The second kappa shape index (κ2) is 6.24. The van der Waals surface area contributed by atoms with E-state index in [-0.39, 0.29) is 11.4 Å². The van der Waals surface area contributed by atoms with E-state index < -0.39 is 15.9 Å². The Morgan fingerprint density at radius 2 is 1.71 bits per heavy atom. The standard InChI is InChI=1S/C19H19NO3S/c1-14-6-8-18(9-7-14)24(22,23)20-13-17(12-19(20)21)11-16-5-3-4-15(2)10-16/h3-10,12H,11,13H2,1-2H3. The number of aryl methyl sites for hydroxylation is 2. The lowest BCUT2D eigenvalue weighted by Crippen LogP contribution is -2.33. The molecule has 0 saturated heterocycles. The predicted molar refractivity (Wildman–Crippen MR) is 93.0 cm³/mol. The lowest BCUT2D eigenvalue weighted by molar-refractivity contribution is -0.120. The lowest BCUT2D eigenvalue weighted by Gasteiger charge is -2.17. The fraction of sp³-hybridized carbons (Fsp3) is 0.211. The van der Waals surface area contributed by atoms with E-state index in [1.807, 2.05) is 38.1 Å². The van der Waals surface area contributed by atoms with Crippen LogP contribution in [-0.4, -0.2) is 25.2 Å². The molecule has 3 rings (SSSR count). The van der Waals surface area contributed by atoms with E-state index in [9.17, 15) is 13.2 Å². The van der Waals surface area contributed by atoms with Crippen molar-refractivity contribution in [1.29, 1.82) is 0 Å². The molecular formula is C19H19NO3S. The summed E-state index contributed by atoms with van der Waals surface area (Å²) in [5.74, 6) is -0.474. The highest BCUT2D eigenvalue weighted by Crippen LogP contribution is 2.24. The predicted octanol–water partition coefficient (Wildman–Crippen LogP) is 3.00. The topological polar surface area (TPSA) is 54.5 Å². The van der Waals surface area contributed by atoms with Gasteiger partial charge in [0, 0.05) is 6.08 Å². The number of benzene rings is 2. The lowest BCUT2D eigenvalue weighted by atomic mass is 10.0. The molecule has 0 atom stereocenters. The molecule has 0 bridgehead atoms. The SMILES string of the molecule is Cc1ccc(S(=O)(=O)N2CC(Cc3cccc(C)c3)=CC2=O)cc1. The third kappa shape index (κ3) is 3.26. The Morgan fingerprint density at radius 1 is 1.00 bits per heavy atom. The fourth-order valence-electron chi connectivity index (χ4n) is 2.79. The van der Waals surface area contributed by atoms with Crippen molar-refractivity contribution in [3.05, 3.63) is 76.9 Å². The molecule has 1 aliphatic heterocycles. The molecule has 0 aromatic heterocycles. The minimum atomic E-state index is -3.81. The highest BCUT2D eigenvalue weighted by Gasteiger charge is 2.33. The number of rotatable bonds is 4. The summed E-state index contributed by atoms with van der Waals surface area (Å²) < 4.78 is 26.3. The first-order valence-electron chi connectivity index (χ1n) is 7.74. The zero-order chi connectivity index (χ0) is 17.3. The molecular weight excluding hydrogens is 322 g/mol. The van der Waals surface area contributed by atoms with Crippen LogP contribution in [0.2, 0.25) is 0 Å². The Hall–Kier alpha value is -2.40. The number of hydrogen-bond donors (Lipinski definition) is 0. The summed E-state index contributed by atoms with van der Waals surface area (Å²) in [5, 5.41) is 0. The average molecular weight is 341 g/mol. The molecule has 124 valence electrons. The van der Waals surface area contributed by atoms with Gasteiger partial charge < -0.3 is 0 Å². The van der Waals surface area contributed by atoms with Crippen molar-refractivity contribution in [2.75, 3.05) is 6.54 Å². The molecule has 4 nitrogen and oxygen atoms in total. The van der Waals surface area contributed by atoms with E-state index in [0.29, 0.717) is 6.42 Å². The smallest absolute Gasteiger partial charge is 0.267 e. The average Bonchev–Trinajstić information content (AvgIpc) is 2.89. The molecule has 0 fully saturated rings. The van der Waals surface area contributed by atoms with Crippen molar-refractivity contribution < 1.29 is 13.2 Å². The van der Waals surface area contributed by atoms with Gasteiger partial charge in [-0.1, -0.05) is 47.5 Å². The van der Waals surface area contributed by atoms with Crippen LogP contribution in [0.15, 0.2) is 65.1 Å². The fourth-order valence-corrected chi connectivity index (χ4v) is 4.15. The maximum absolute atomic E-state index is 12.7. The van der Waals surface area contributed by atoms with E-state index in [1.165, 1.54) is 18.2 Å². The van der Waals surface area contributed by atoms with Gasteiger partial charge in [0.15, 0.2) is 0 Å². The minimum Gasteiger partial charge on any atom is -0.269 e. The quantitative estimate of drug-likeness (QED) is 0.859. The maximum atomic E-state index is 12.7. The van der Waals surface area contributed by atoms with Gasteiger partial charge in [-0.25, -0.2) is 12.7 Å². The number of sulfonamides is 1. The number of carbonyl (C=O) groups is 1. The van der Waals surface area contributed by atoms with Crippen molar-refractivity contribution in [3.8, 4) is 0 Å². The van der Waals surface area contributed by atoms with Gasteiger partial charge in [-0.2, -0.15) is 0 Å². The normalized spacial score (nSPS) is 14.8. The Morgan fingerprint density at radius 3 is 2.38 bits per heavy atom. The molecule has 0 radical (unpaired) electrons. The number of hydrogen-bond acceptors (Lipinski definition) is 3. The summed E-state index contributed by atoms with van der Waals surface area (Å²) >= 11 is 0. The van der Waals surface area contributed by atoms with Gasteiger partial charge >= 0.3 is 0 Å². The molecule has 2 aromatic carbocycles. The van der Waals surface area contributed by atoms with E-state index in [1.54, 1.807) is 12.1 Å². The van der Waals surface area contributed by atoms with Crippen molar-refractivity contribution in [1.82, 2.24) is 4.31 Å². The number of nitrogens with zero attached hydrogens (tertiary/aromatic N) is 1. The second-order valence-electron chi connectivity index (χ2n) is 6.13. The molecule has 1 amide bonds. The van der Waals surface area contributed by atoms with Gasteiger partial charge in [0.1, 0.15) is 0 Å². The van der Waals surface area contributed by atoms with Gasteiger partial charge in [0.05, 0.1) is 11.4 Å². The van der Waals surface area contributed by atoms with E-state index in [4.69, 9.17) is 0 Å². The summed E-state index contributed by atoms with van der Waals surface area (Å²) in [6.45, 7) is 4.01. The van der Waals surface area contributed by atoms with Gasteiger partial charge in [-0.05, 0) is 43.5 Å². The first-order chi connectivity index (χ1) is 11.4. The van der Waals surface area contributed by atoms with Crippen LogP contribution in [0.4, 0.5) is 0 Å². The van der Waals surface area contributed by atoms with Crippen molar-refractivity contribution >= 4 is 15.9 Å². The van der Waals surface area contributed by atoms with Gasteiger partial charge in [0.2, 0.25) is 0 Å². The summed E-state index contributed by atoms with van der Waals surface area (Å²) in [4.78, 5) is 12.3. The maximum Gasteiger partial charge on any atom is 0.267 e. The monoisotopic (exact) mass is 341 g/mol. The molecule has 0 saturated carbocycles. The van der Waals surface area contributed by atoms with Crippen molar-refractivity contribution in [2.45, 2.75) is 25.2 Å². The van der Waals surface area contributed by atoms with Crippen LogP contribution in [0.3, 0.4) is 0 Å². The second-order valence-corrected chi connectivity index (χ2v) is 7.99. The molecule has 0 spiro atoms. The summed E-state index contributed by atoms with van der Waals surface area (Å²) in [5.41, 5.74) is 3.99. The van der Waals surface area contributed by atoms with Crippen LogP contribution in [0.1, 0.15) is 16.7 Å². The summed E-state index contributed by atoms with van der Waals surface area (Å²) in [6, 6.07) is 14.5. The highest BCUT2D eigenvalue weighted by molar-refractivity contribution is 7.89. The van der Waals surface area contributed by atoms with Gasteiger partial charge in [-0.15, -0.1) is 0 Å². The first-order valence-corrected chi connectivity index (χ1v) is 9.18. The molecule has 0 unspecified atom stereocenters. The largest absolute Gasteiger partial charge is 0.269 e. The van der Waals surface area contributed by atoms with Crippen LogP contribution in [-0.2, 0) is 21.2 Å². The van der Waals surface area contributed by atoms with Crippen LogP contribution in [0.5, 0.6) is 0 Å². The summed E-state index contributed by atoms with van der Waals surface area (Å²) in [6.07, 6.45) is 2.02. The van der Waals surface area contributed by atoms with E-state index >= 15 is 0 Å². The van der Waals surface area contributed by atoms with Crippen LogP contribution in [0.25, 0.3) is 0 Å². The number of carbonyl (C=O) groups excluding carboxylic acids is 1. The Labute approximate surface area is 142 Å². The van der Waals surface area contributed by atoms with Crippen LogP contribution in [0, 0.1) is 13.8 Å². The number of amides is 1. The molecule has 24 heavy (non-hydrogen) atoms. The van der Waals surface area contributed by atoms with E-state index in [0.717, 1.165) is 26.6 Å². The molecule has 2 aromatic rings. The molecule has 1 heterocycles. The van der Waals surface area contributed by atoms with Gasteiger partial charge in [-0.3, -0.25) is 4.79 Å². The first kappa shape index (κ1) is 16.5. The molecule has 1 aliphatic rings. The third-order valence-corrected chi connectivity index (χ3v) is 5.80. The minimum absolute atomic E-state index is 0.114. The highest BCUT2D eigenvalue weighted by atomic mass is 32.2. The zero-order valence-corrected chi connectivity index (χ0v) is 14.5. The van der Waals surface area contributed by atoms with Crippen LogP contribution >= 0.6 is 0 Å². The van der Waals surface area contributed by atoms with Gasteiger partial charge in [0.25, 0.3) is 15.9 Å². The van der Waals surface area contributed by atoms with Crippen LogP contribution < -0.4 is 0 Å². The molecule has 0 aliphatic carbocycles. The van der Waals surface area contributed by atoms with E-state index in [2.05, 4.69) is 0 Å².